The average molecular weight is 257 g/mol. The van der Waals surface area contributed by atoms with Gasteiger partial charge in [-0.05, 0) is 23.8 Å². The van der Waals surface area contributed by atoms with Crippen LogP contribution in [0.4, 0.5) is 11.4 Å². The van der Waals surface area contributed by atoms with Gasteiger partial charge in [-0.15, -0.1) is 0 Å². The minimum Gasteiger partial charge on any atom is -0.494 e. The molecule has 19 heavy (non-hydrogen) atoms. The van der Waals surface area contributed by atoms with Gasteiger partial charge in [-0.25, -0.2) is 0 Å². The fourth-order valence-corrected chi connectivity index (χ4v) is 1.48. The molecule has 0 bridgehead atoms. The predicted molar refractivity (Wildman–Crippen MR) is 71.1 cm³/mol. The number of non-ortho nitro benzene ring substituents is 1. The van der Waals surface area contributed by atoms with Crippen molar-refractivity contribution in [1.82, 2.24) is 4.98 Å². The maximum absolute atomic E-state index is 10.7. The molecule has 0 unspecified atom stereocenters. The fourth-order valence-electron chi connectivity index (χ4n) is 1.48. The lowest BCUT2D eigenvalue weighted by atomic mass is 10.2. The van der Waals surface area contributed by atoms with Crippen molar-refractivity contribution < 1.29 is 9.66 Å². The molecule has 0 aliphatic heterocycles. The van der Waals surface area contributed by atoms with Crippen LogP contribution in [0.1, 0.15) is 5.56 Å². The highest BCUT2D eigenvalue weighted by Gasteiger charge is 2.10. The lowest BCUT2D eigenvalue weighted by molar-refractivity contribution is -0.384. The Morgan fingerprint density at radius 3 is 2.68 bits per heavy atom. The van der Waals surface area contributed by atoms with E-state index in [0.29, 0.717) is 11.4 Å². The first-order chi connectivity index (χ1) is 9.20. The van der Waals surface area contributed by atoms with Crippen LogP contribution in [0.25, 0.3) is 0 Å². The fraction of sp³-hybridized carbons (Fsp3) is 0.0769. The molecule has 1 heterocycles. The van der Waals surface area contributed by atoms with Gasteiger partial charge in [-0.2, -0.15) is 0 Å². The molecule has 0 saturated heterocycles. The smallest absolute Gasteiger partial charge is 0.273 e. The van der Waals surface area contributed by atoms with Gasteiger partial charge in [0.05, 0.1) is 18.1 Å². The number of aliphatic imine (C=N–C) groups is 1. The zero-order chi connectivity index (χ0) is 13.7. The van der Waals surface area contributed by atoms with Crippen LogP contribution in [0.5, 0.6) is 5.75 Å². The van der Waals surface area contributed by atoms with Crippen LogP contribution in [0.2, 0.25) is 0 Å². The molecule has 0 aliphatic rings. The van der Waals surface area contributed by atoms with Crippen LogP contribution < -0.4 is 4.74 Å². The standard InChI is InChI=1S/C13H11N3O3/c1-19-13-8-11(16(17)18)2-3-12(13)15-9-10-4-6-14-7-5-10/h2-9H,1H3. The summed E-state index contributed by atoms with van der Waals surface area (Å²) in [6.45, 7) is 0. The third kappa shape index (κ3) is 3.12. The Labute approximate surface area is 109 Å². The highest BCUT2D eigenvalue weighted by molar-refractivity contribution is 5.82. The van der Waals surface area contributed by atoms with Crippen LogP contribution in [-0.2, 0) is 0 Å². The zero-order valence-electron chi connectivity index (χ0n) is 10.2. The Balaban J connectivity index is 2.30. The molecular formula is C13H11N3O3. The van der Waals surface area contributed by atoms with Crippen LogP contribution >= 0.6 is 0 Å². The van der Waals surface area contributed by atoms with Crippen molar-refractivity contribution in [1.29, 1.82) is 0 Å². The van der Waals surface area contributed by atoms with Crippen molar-refractivity contribution in [3.8, 4) is 5.75 Å². The summed E-state index contributed by atoms with van der Waals surface area (Å²) in [5.74, 6) is 0.361. The maximum Gasteiger partial charge on any atom is 0.273 e. The number of hydrogen-bond acceptors (Lipinski definition) is 5. The minimum atomic E-state index is -0.473. The molecule has 2 aromatic rings. The molecule has 0 saturated carbocycles. The van der Waals surface area contributed by atoms with Gasteiger partial charge in [0.15, 0.2) is 5.75 Å². The van der Waals surface area contributed by atoms with E-state index >= 15 is 0 Å². The number of benzene rings is 1. The summed E-state index contributed by atoms with van der Waals surface area (Å²) in [7, 11) is 1.45. The normalized spacial score (nSPS) is 10.6. The molecule has 0 atom stereocenters. The lowest BCUT2D eigenvalue weighted by Gasteiger charge is -2.03. The number of hydrogen-bond donors (Lipinski definition) is 0. The second-order valence-electron chi connectivity index (χ2n) is 3.65. The van der Waals surface area contributed by atoms with Crippen LogP contribution in [0.3, 0.4) is 0 Å². The number of nitro groups is 1. The monoisotopic (exact) mass is 257 g/mol. The summed E-state index contributed by atoms with van der Waals surface area (Å²) < 4.78 is 5.09. The predicted octanol–water partition coefficient (Wildman–Crippen LogP) is 2.75. The molecule has 0 amide bonds. The van der Waals surface area contributed by atoms with Crippen molar-refractivity contribution in [3.05, 3.63) is 58.4 Å². The zero-order valence-corrected chi connectivity index (χ0v) is 10.2. The molecule has 1 aromatic heterocycles. The summed E-state index contributed by atoms with van der Waals surface area (Å²) in [5.41, 5.74) is 1.39. The summed E-state index contributed by atoms with van der Waals surface area (Å²) in [6, 6.07) is 7.90. The van der Waals surface area contributed by atoms with Crippen LogP contribution in [-0.4, -0.2) is 23.2 Å². The van der Waals surface area contributed by atoms with Gasteiger partial charge in [0.1, 0.15) is 5.69 Å². The summed E-state index contributed by atoms with van der Waals surface area (Å²) in [5, 5.41) is 10.7. The van der Waals surface area contributed by atoms with Crippen molar-refractivity contribution >= 4 is 17.6 Å². The maximum atomic E-state index is 10.7. The number of methoxy groups -OCH3 is 1. The third-order valence-electron chi connectivity index (χ3n) is 2.43. The number of pyridine rings is 1. The van der Waals surface area contributed by atoms with Gasteiger partial charge in [0, 0.05) is 24.7 Å². The Hall–Kier alpha value is -2.76. The van der Waals surface area contributed by atoms with E-state index in [1.807, 2.05) is 0 Å². The summed E-state index contributed by atoms with van der Waals surface area (Å²) in [6.07, 6.45) is 4.97. The van der Waals surface area contributed by atoms with Crippen LogP contribution in [0.15, 0.2) is 47.7 Å². The number of nitro benzene ring substituents is 1. The number of ether oxygens (including phenoxy) is 1. The Morgan fingerprint density at radius 2 is 2.05 bits per heavy atom. The van der Waals surface area contributed by atoms with E-state index in [4.69, 9.17) is 4.74 Å². The Morgan fingerprint density at radius 1 is 1.32 bits per heavy atom. The molecular weight excluding hydrogens is 246 g/mol. The van der Waals surface area contributed by atoms with Crippen molar-refractivity contribution in [2.45, 2.75) is 0 Å². The molecule has 96 valence electrons. The van der Waals surface area contributed by atoms with Gasteiger partial charge in [-0.3, -0.25) is 20.1 Å². The first kappa shape index (κ1) is 12.7. The van der Waals surface area contributed by atoms with Gasteiger partial charge >= 0.3 is 0 Å². The van der Waals surface area contributed by atoms with E-state index in [-0.39, 0.29) is 5.69 Å². The molecule has 1 aromatic carbocycles. The molecule has 0 aliphatic carbocycles. The van der Waals surface area contributed by atoms with E-state index in [1.54, 1.807) is 36.8 Å². The molecule has 6 heteroatoms. The SMILES string of the molecule is COc1cc([N+](=O)[O-])ccc1N=Cc1ccncc1. The second-order valence-corrected chi connectivity index (χ2v) is 3.65. The van der Waals surface area contributed by atoms with Crippen molar-refractivity contribution in [2.75, 3.05) is 7.11 Å². The molecule has 2 rings (SSSR count). The average Bonchev–Trinajstić information content (AvgIpc) is 2.45. The van der Waals surface area contributed by atoms with E-state index < -0.39 is 4.92 Å². The summed E-state index contributed by atoms with van der Waals surface area (Å²) in [4.78, 5) is 18.3. The van der Waals surface area contributed by atoms with E-state index in [9.17, 15) is 10.1 Å². The Kier molecular flexibility index (Phi) is 3.82. The first-order valence-electron chi connectivity index (χ1n) is 5.47. The minimum absolute atomic E-state index is 0.0280. The van der Waals surface area contributed by atoms with E-state index in [0.717, 1.165) is 5.56 Å². The molecule has 0 fully saturated rings. The highest BCUT2D eigenvalue weighted by Crippen LogP contribution is 2.31. The highest BCUT2D eigenvalue weighted by atomic mass is 16.6. The van der Waals surface area contributed by atoms with Crippen molar-refractivity contribution in [2.24, 2.45) is 4.99 Å². The van der Waals surface area contributed by atoms with Gasteiger partial charge in [-0.1, -0.05) is 0 Å². The Bertz CT molecular complexity index is 612. The van der Waals surface area contributed by atoms with E-state index in [2.05, 4.69) is 9.98 Å². The first-order valence-corrected chi connectivity index (χ1v) is 5.47. The largest absolute Gasteiger partial charge is 0.494 e. The second kappa shape index (κ2) is 5.72. The third-order valence-corrected chi connectivity index (χ3v) is 2.43. The summed E-state index contributed by atoms with van der Waals surface area (Å²) >= 11 is 0. The van der Waals surface area contributed by atoms with E-state index in [1.165, 1.54) is 19.2 Å². The number of aromatic nitrogens is 1. The van der Waals surface area contributed by atoms with Gasteiger partial charge in [0.25, 0.3) is 5.69 Å². The molecule has 6 nitrogen and oxygen atoms in total. The van der Waals surface area contributed by atoms with Gasteiger partial charge < -0.3 is 4.74 Å². The number of nitrogens with zero attached hydrogens (tertiary/aromatic N) is 3. The number of rotatable bonds is 4. The van der Waals surface area contributed by atoms with Gasteiger partial charge in [0.2, 0.25) is 0 Å². The van der Waals surface area contributed by atoms with Crippen LogP contribution in [0, 0.1) is 10.1 Å². The van der Waals surface area contributed by atoms with Crippen molar-refractivity contribution in [3.63, 3.8) is 0 Å². The topological polar surface area (TPSA) is 77.6 Å². The quantitative estimate of drug-likeness (QED) is 0.479. The molecule has 0 radical (unpaired) electrons. The molecule has 0 N–H and O–H groups in total. The lowest BCUT2D eigenvalue weighted by Crippen LogP contribution is -1.90. The molecule has 0 spiro atoms.